The van der Waals surface area contributed by atoms with Gasteiger partial charge in [-0.05, 0) is 30.0 Å². The lowest BCUT2D eigenvalue weighted by Crippen LogP contribution is -2.18. The first-order chi connectivity index (χ1) is 14.9. The highest BCUT2D eigenvalue weighted by Gasteiger charge is 2.23. The summed E-state index contributed by atoms with van der Waals surface area (Å²) in [6.07, 6.45) is 1.57. The Labute approximate surface area is 183 Å². The van der Waals surface area contributed by atoms with Gasteiger partial charge in [-0.1, -0.05) is 17.7 Å². The van der Waals surface area contributed by atoms with E-state index in [1.54, 1.807) is 24.5 Å². The molecule has 0 saturated carbocycles. The van der Waals surface area contributed by atoms with Crippen LogP contribution in [0.3, 0.4) is 0 Å². The standard InChI is InChI=1S/C20H17ClF2N4O3S/c1-30-17-7-12-10(8-24-20-14(12)9-25-27-20)6-13(17)18-16(23)3-2-11(19(18)21)15(22)4-5-26-31(28)29/h2-3,6-9,15,26H,4-5H2,1H3,(H,28,29)(H,24,25,27). The zero-order chi connectivity index (χ0) is 22.1. The lowest BCUT2D eigenvalue weighted by molar-refractivity contribution is 0.324. The predicted octanol–water partition coefficient (Wildman–Crippen LogP) is 4.71. The van der Waals surface area contributed by atoms with E-state index >= 15 is 0 Å². The number of aromatic amines is 1. The van der Waals surface area contributed by atoms with Gasteiger partial charge in [-0.3, -0.25) is 9.65 Å². The molecule has 3 N–H and O–H groups in total. The lowest BCUT2D eigenvalue weighted by atomic mass is 9.96. The van der Waals surface area contributed by atoms with Crippen LogP contribution in [0.5, 0.6) is 5.75 Å². The molecule has 2 aromatic carbocycles. The first-order valence-electron chi connectivity index (χ1n) is 9.17. The van der Waals surface area contributed by atoms with Crippen LogP contribution in [0.2, 0.25) is 5.02 Å². The van der Waals surface area contributed by atoms with E-state index in [1.807, 2.05) is 0 Å². The zero-order valence-corrected chi connectivity index (χ0v) is 17.7. The van der Waals surface area contributed by atoms with Crippen molar-refractivity contribution in [3.05, 3.63) is 53.1 Å². The molecule has 2 aromatic heterocycles. The van der Waals surface area contributed by atoms with Crippen molar-refractivity contribution < 1.29 is 22.3 Å². The average molecular weight is 467 g/mol. The minimum absolute atomic E-state index is 0.00607. The van der Waals surface area contributed by atoms with Crippen molar-refractivity contribution in [1.82, 2.24) is 19.9 Å². The van der Waals surface area contributed by atoms with Gasteiger partial charge in [-0.15, -0.1) is 0 Å². The van der Waals surface area contributed by atoms with E-state index in [-0.39, 0.29) is 29.1 Å². The van der Waals surface area contributed by atoms with Gasteiger partial charge >= 0.3 is 0 Å². The van der Waals surface area contributed by atoms with Crippen molar-refractivity contribution in [2.24, 2.45) is 0 Å². The van der Waals surface area contributed by atoms with Gasteiger partial charge in [0.15, 0.2) is 5.65 Å². The van der Waals surface area contributed by atoms with Crippen LogP contribution in [0, 0.1) is 5.82 Å². The van der Waals surface area contributed by atoms with Gasteiger partial charge in [0.25, 0.3) is 0 Å². The number of aromatic nitrogens is 3. The maximum atomic E-state index is 14.9. The number of fused-ring (bicyclic) bond motifs is 3. The number of H-pyrrole nitrogens is 1. The Hall–Kier alpha value is -2.66. The molecule has 0 aliphatic rings. The molecule has 2 atom stereocenters. The highest BCUT2D eigenvalue weighted by molar-refractivity contribution is 7.77. The number of rotatable bonds is 7. The lowest BCUT2D eigenvalue weighted by Gasteiger charge is -2.17. The number of methoxy groups -OCH3 is 1. The molecule has 0 fully saturated rings. The summed E-state index contributed by atoms with van der Waals surface area (Å²) in [4.78, 5) is 4.30. The maximum absolute atomic E-state index is 14.9. The monoisotopic (exact) mass is 466 g/mol. The molecule has 0 saturated heterocycles. The van der Waals surface area contributed by atoms with Crippen molar-refractivity contribution in [2.75, 3.05) is 13.7 Å². The Bertz CT molecular complexity index is 1300. The topological polar surface area (TPSA) is 100 Å². The van der Waals surface area contributed by atoms with Gasteiger partial charge < -0.3 is 4.74 Å². The molecule has 31 heavy (non-hydrogen) atoms. The fourth-order valence-electron chi connectivity index (χ4n) is 3.50. The first kappa shape index (κ1) is 21.6. The molecular formula is C20H17ClF2N4O3S. The molecular weight excluding hydrogens is 450 g/mol. The molecule has 0 aliphatic heterocycles. The van der Waals surface area contributed by atoms with Crippen molar-refractivity contribution >= 4 is 44.7 Å². The van der Waals surface area contributed by atoms with Crippen LogP contribution in [0.25, 0.3) is 32.9 Å². The van der Waals surface area contributed by atoms with Crippen molar-refractivity contribution in [2.45, 2.75) is 12.6 Å². The minimum atomic E-state index is -2.25. The molecule has 4 rings (SSSR count). The largest absolute Gasteiger partial charge is 0.496 e. The molecule has 162 valence electrons. The number of pyridine rings is 1. The molecule has 0 aliphatic carbocycles. The second-order valence-corrected chi connectivity index (χ2v) is 7.92. The second kappa shape index (κ2) is 8.83. The van der Waals surface area contributed by atoms with Crippen molar-refractivity contribution in [1.29, 1.82) is 0 Å². The third-order valence-electron chi connectivity index (χ3n) is 4.96. The second-order valence-electron chi connectivity index (χ2n) is 6.76. The molecule has 2 heterocycles. The molecule has 0 spiro atoms. The highest BCUT2D eigenvalue weighted by atomic mass is 35.5. The van der Waals surface area contributed by atoms with Crippen LogP contribution in [0.15, 0.2) is 36.7 Å². The van der Waals surface area contributed by atoms with Gasteiger partial charge in [0.05, 0.1) is 18.3 Å². The minimum Gasteiger partial charge on any atom is -0.496 e. The number of nitrogens with zero attached hydrogens (tertiary/aromatic N) is 2. The van der Waals surface area contributed by atoms with Gasteiger partial charge in [-0.2, -0.15) is 5.10 Å². The van der Waals surface area contributed by atoms with E-state index in [0.29, 0.717) is 22.3 Å². The first-order valence-corrected chi connectivity index (χ1v) is 10.7. The van der Waals surface area contributed by atoms with Gasteiger partial charge in [0.2, 0.25) is 11.3 Å². The summed E-state index contributed by atoms with van der Waals surface area (Å²) in [5, 5.41) is 8.98. The summed E-state index contributed by atoms with van der Waals surface area (Å²) >= 11 is 4.20. The van der Waals surface area contributed by atoms with E-state index in [2.05, 4.69) is 19.9 Å². The number of ether oxygens (including phenoxy) is 1. The maximum Gasteiger partial charge on any atom is 0.231 e. The number of benzene rings is 2. The van der Waals surface area contributed by atoms with Crippen LogP contribution in [-0.4, -0.2) is 37.6 Å². The average Bonchev–Trinajstić information content (AvgIpc) is 3.22. The highest BCUT2D eigenvalue weighted by Crippen LogP contribution is 2.43. The summed E-state index contributed by atoms with van der Waals surface area (Å²) < 4.78 is 56.8. The van der Waals surface area contributed by atoms with Crippen LogP contribution < -0.4 is 9.46 Å². The summed E-state index contributed by atoms with van der Waals surface area (Å²) in [6.45, 7) is -0.0566. The number of hydrogen-bond acceptors (Lipinski definition) is 4. The van der Waals surface area contributed by atoms with E-state index in [0.717, 1.165) is 16.8 Å². The Morgan fingerprint density at radius 3 is 2.87 bits per heavy atom. The number of hydrogen-bond donors (Lipinski definition) is 3. The quantitative estimate of drug-likeness (QED) is 0.343. The summed E-state index contributed by atoms with van der Waals surface area (Å²) in [5.74, 6) is -0.280. The third kappa shape index (κ3) is 4.11. The molecule has 7 nitrogen and oxygen atoms in total. The number of halogens is 3. The van der Waals surface area contributed by atoms with Crippen LogP contribution in [0.4, 0.5) is 8.78 Å². The summed E-state index contributed by atoms with van der Waals surface area (Å²) in [5.41, 5.74) is 1.04. The predicted molar refractivity (Wildman–Crippen MR) is 116 cm³/mol. The van der Waals surface area contributed by atoms with Crippen molar-refractivity contribution in [3.63, 3.8) is 0 Å². The number of alkyl halides is 1. The summed E-state index contributed by atoms with van der Waals surface area (Å²) in [7, 11) is 1.45. The van der Waals surface area contributed by atoms with Crippen LogP contribution in [-0.2, 0) is 11.3 Å². The zero-order valence-electron chi connectivity index (χ0n) is 16.2. The fraction of sp³-hybridized carbons (Fsp3) is 0.200. The Kier molecular flexibility index (Phi) is 6.15. The summed E-state index contributed by atoms with van der Waals surface area (Å²) in [6, 6.07) is 5.83. The number of nitrogens with one attached hydrogen (secondary N) is 2. The molecule has 0 radical (unpaired) electrons. The van der Waals surface area contributed by atoms with Gasteiger partial charge in [0.1, 0.15) is 17.7 Å². The van der Waals surface area contributed by atoms with Crippen molar-refractivity contribution in [3.8, 4) is 16.9 Å². The molecule has 11 heteroatoms. The van der Waals surface area contributed by atoms with Gasteiger partial charge in [0, 0.05) is 40.2 Å². The Morgan fingerprint density at radius 1 is 1.32 bits per heavy atom. The molecule has 0 bridgehead atoms. The molecule has 0 amide bonds. The van der Waals surface area contributed by atoms with E-state index in [4.69, 9.17) is 20.9 Å². The molecule has 4 aromatic rings. The van der Waals surface area contributed by atoms with E-state index < -0.39 is 23.3 Å². The van der Waals surface area contributed by atoms with Gasteiger partial charge in [-0.25, -0.2) is 22.7 Å². The molecule has 2 unspecified atom stereocenters. The Morgan fingerprint density at radius 2 is 2.13 bits per heavy atom. The van der Waals surface area contributed by atoms with Crippen LogP contribution >= 0.6 is 11.6 Å². The normalized spacial score (nSPS) is 13.6. The Balaban J connectivity index is 1.83. The van der Waals surface area contributed by atoms with E-state index in [1.165, 1.54) is 13.2 Å². The third-order valence-corrected chi connectivity index (χ3v) is 5.82. The van der Waals surface area contributed by atoms with E-state index in [9.17, 15) is 13.0 Å². The fourth-order valence-corrected chi connectivity index (χ4v) is 4.16. The van der Waals surface area contributed by atoms with Crippen LogP contribution in [0.1, 0.15) is 18.2 Å². The SMILES string of the molecule is COc1cc2c(cnc3[nH]ncc32)cc1-c1c(F)ccc(C(F)CCNS(=O)O)c1Cl. The smallest absolute Gasteiger partial charge is 0.231 e.